The second-order valence-electron chi connectivity index (χ2n) is 8.15. The van der Waals surface area contributed by atoms with Crippen LogP contribution in [0.3, 0.4) is 0 Å². The highest BCUT2D eigenvalue weighted by Gasteiger charge is 2.26. The molecule has 5 rings (SSSR count). The molecule has 0 aliphatic heterocycles. The summed E-state index contributed by atoms with van der Waals surface area (Å²) in [6, 6.07) is 4.25. The van der Waals surface area contributed by atoms with Crippen LogP contribution in [0.15, 0.2) is 43.0 Å². The molecule has 1 aliphatic rings. The van der Waals surface area contributed by atoms with Gasteiger partial charge in [-0.3, -0.25) is 4.79 Å². The van der Waals surface area contributed by atoms with Crippen LogP contribution in [0, 0.1) is 11.6 Å². The Kier molecular flexibility index (Phi) is 6.06. The van der Waals surface area contributed by atoms with Crippen LogP contribution < -0.4 is 10.6 Å². The number of nitrogens with zero attached hydrogens (tertiary/aromatic N) is 4. The average Bonchev–Trinajstić information content (AvgIpc) is 3.25. The first-order chi connectivity index (χ1) is 16.5. The molecule has 3 heterocycles. The fourth-order valence-corrected chi connectivity index (χ4v) is 4.45. The van der Waals surface area contributed by atoms with E-state index in [1.54, 1.807) is 18.3 Å². The van der Waals surface area contributed by atoms with Gasteiger partial charge in [0.1, 0.15) is 5.82 Å². The van der Waals surface area contributed by atoms with Crippen molar-refractivity contribution in [2.75, 3.05) is 5.32 Å². The molecule has 34 heavy (non-hydrogen) atoms. The number of anilines is 1. The molecule has 2 atom stereocenters. The minimum absolute atomic E-state index is 0.0465. The monoisotopic (exact) mass is 483 g/mol. The van der Waals surface area contributed by atoms with Crippen molar-refractivity contribution in [1.82, 2.24) is 30.2 Å². The fraction of sp³-hybridized carbons (Fsp3) is 0.261. The Morgan fingerprint density at radius 1 is 1.09 bits per heavy atom. The highest BCUT2D eigenvalue weighted by atomic mass is 35.5. The summed E-state index contributed by atoms with van der Waals surface area (Å²) in [5.41, 5.74) is 0.784. The number of aromatic amines is 1. The summed E-state index contributed by atoms with van der Waals surface area (Å²) >= 11 is 6.01. The standard InChI is InChI=1S/C23H20ClF2N7O/c24-12-7-15-16(10-29-19(15)17(25)8-12)20-30-11-18(26)21(33-20)31-13-3-1-4-14(9-13)32-23(34)22-27-5-2-6-28-22/h2,5-8,10-11,13-14,29H,1,3-4,9H2,(H,32,34)(H,30,31,33)/t13-,14?/m0/s1. The Bertz CT molecular complexity index is 1350. The summed E-state index contributed by atoms with van der Waals surface area (Å²) in [6.07, 6.45) is 8.70. The maximum atomic E-state index is 14.6. The zero-order valence-electron chi connectivity index (χ0n) is 17.9. The lowest BCUT2D eigenvalue weighted by molar-refractivity contribution is 0.0915. The van der Waals surface area contributed by atoms with Crippen LogP contribution in [0.1, 0.15) is 36.3 Å². The topological polar surface area (TPSA) is 108 Å². The van der Waals surface area contributed by atoms with Gasteiger partial charge < -0.3 is 15.6 Å². The van der Waals surface area contributed by atoms with Crippen molar-refractivity contribution in [3.05, 3.63) is 65.5 Å². The average molecular weight is 484 g/mol. The van der Waals surface area contributed by atoms with Gasteiger partial charge in [-0.05, 0) is 43.9 Å². The van der Waals surface area contributed by atoms with Crippen LogP contribution in [0.5, 0.6) is 0 Å². The van der Waals surface area contributed by atoms with Gasteiger partial charge in [-0.1, -0.05) is 11.6 Å². The number of nitrogens with one attached hydrogen (secondary N) is 3. The number of fused-ring (bicyclic) bond motifs is 1. The lowest BCUT2D eigenvalue weighted by Gasteiger charge is -2.30. The van der Waals surface area contributed by atoms with Crippen LogP contribution in [0.25, 0.3) is 22.3 Å². The Labute approximate surface area is 198 Å². The van der Waals surface area contributed by atoms with Crippen molar-refractivity contribution in [3.63, 3.8) is 0 Å². The summed E-state index contributed by atoms with van der Waals surface area (Å²) in [5.74, 6) is -1.04. The predicted molar refractivity (Wildman–Crippen MR) is 123 cm³/mol. The van der Waals surface area contributed by atoms with Gasteiger partial charge >= 0.3 is 0 Å². The number of hydrogen-bond acceptors (Lipinski definition) is 6. The van der Waals surface area contributed by atoms with Crippen molar-refractivity contribution >= 4 is 34.2 Å². The molecule has 1 fully saturated rings. The smallest absolute Gasteiger partial charge is 0.289 e. The molecule has 11 heteroatoms. The lowest BCUT2D eigenvalue weighted by Crippen LogP contribution is -2.42. The van der Waals surface area contributed by atoms with Gasteiger partial charge in [0, 0.05) is 46.6 Å². The van der Waals surface area contributed by atoms with Gasteiger partial charge in [0.15, 0.2) is 17.5 Å². The third-order valence-electron chi connectivity index (χ3n) is 5.81. The molecular weight excluding hydrogens is 464 g/mol. The molecule has 1 unspecified atom stereocenters. The van der Waals surface area contributed by atoms with E-state index < -0.39 is 11.6 Å². The van der Waals surface area contributed by atoms with Crippen LogP contribution >= 0.6 is 11.6 Å². The van der Waals surface area contributed by atoms with Gasteiger partial charge in [-0.25, -0.2) is 28.7 Å². The van der Waals surface area contributed by atoms with Crippen LogP contribution in [0.2, 0.25) is 5.02 Å². The summed E-state index contributed by atoms with van der Waals surface area (Å²) in [4.78, 5) is 31.6. The summed E-state index contributed by atoms with van der Waals surface area (Å²) in [6.45, 7) is 0. The molecule has 3 N–H and O–H groups in total. The van der Waals surface area contributed by atoms with E-state index in [2.05, 4.69) is 35.6 Å². The minimum atomic E-state index is -0.600. The van der Waals surface area contributed by atoms with E-state index in [0.29, 0.717) is 17.4 Å². The molecule has 1 aliphatic carbocycles. The van der Waals surface area contributed by atoms with E-state index in [1.165, 1.54) is 18.5 Å². The molecule has 0 bridgehead atoms. The van der Waals surface area contributed by atoms with Gasteiger partial charge in [0.05, 0.1) is 11.7 Å². The predicted octanol–water partition coefficient (Wildman–Crippen LogP) is 4.50. The van der Waals surface area contributed by atoms with Crippen LogP contribution in [-0.4, -0.2) is 42.9 Å². The van der Waals surface area contributed by atoms with E-state index in [0.717, 1.165) is 25.5 Å². The summed E-state index contributed by atoms with van der Waals surface area (Å²) in [7, 11) is 0. The highest BCUT2D eigenvalue weighted by molar-refractivity contribution is 6.31. The number of carbonyl (C=O) groups excluding carboxylic acids is 1. The zero-order chi connectivity index (χ0) is 23.7. The Morgan fingerprint density at radius 3 is 2.71 bits per heavy atom. The van der Waals surface area contributed by atoms with Gasteiger partial charge in [0.2, 0.25) is 5.82 Å². The van der Waals surface area contributed by atoms with E-state index in [9.17, 15) is 13.6 Å². The van der Waals surface area contributed by atoms with Crippen molar-refractivity contribution in [2.45, 2.75) is 37.8 Å². The number of amides is 1. The first kappa shape index (κ1) is 22.1. The number of aromatic nitrogens is 5. The molecule has 1 amide bonds. The van der Waals surface area contributed by atoms with Crippen molar-refractivity contribution in [1.29, 1.82) is 0 Å². The van der Waals surface area contributed by atoms with Crippen molar-refractivity contribution in [2.24, 2.45) is 0 Å². The molecule has 4 aromatic rings. The molecule has 1 aromatic carbocycles. The number of rotatable bonds is 5. The molecule has 1 saturated carbocycles. The number of halogens is 3. The normalized spacial score (nSPS) is 18.1. The summed E-state index contributed by atoms with van der Waals surface area (Å²) in [5, 5.41) is 6.84. The number of carbonyl (C=O) groups is 1. The van der Waals surface area contributed by atoms with Gasteiger partial charge in [-0.2, -0.15) is 0 Å². The number of benzene rings is 1. The lowest BCUT2D eigenvalue weighted by atomic mass is 9.91. The Balaban J connectivity index is 1.33. The van der Waals surface area contributed by atoms with Gasteiger partial charge in [0.25, 0.3) is 5.91 Å². The van der Waals surface area contributed by atoms with Crippen molar-refractivity contribution in [3.8, 4) is 11.4 Å². The van der Waals surface area contributed by atoms with E-state index >= 15 is 0 Å². The Hall–Kier alpha value is -3.66. The second-order valence-corrected chi connectivity index (χ2v) is 8.59. The first-order valence-corrected chi connectivity index (χ1v) is 11.2. The van der Waals surface area contributed by atoms with E-state index in [-0.39, 0.29) is 46.0 Å². The molecule has 8 nitrogen and oxygen atoms in total. The second kappa shape index (κ2) is 9.30. The maximum Gasteiger partial charge on any atom is 0.289 e. The first-order valence-electron chi connectivity index (χ1n) is 10.8. The molecule has 174 valence electrons. The molecule has 0 radical (unpaired) electrons. The maximum absolute atomic E-state index is 14.6. The largest absolute Gasteiger partial charge is 0.365 e. The minimum Gasteiger partial charge on any atom is -0.365 e. The van der Waals surface area contributed by atoms with Crippen molar-refractivity contribution < 1.29 is 13.6 Å². The molecule has 0 spiro atoms. The Morgan fingerprint density at radius 2 is 1.88 bits per heavy atom. The van der Waals surface area contributed by atoms with Crippen LogP contribution in [0.4, 0.5) is 14.6 Å². The molecular formula is C23H20ClF2N7O. The quantitative estimate of drug-likeness (QED) is 0.385. The fourth-order valence-electron chi connectivity index (χ4n) is 4.25. The number of hydrogen-bond donors (Lipinski definition) is 3. The molecule has 3 aromatic heterocycles. The molecule has 0 saturated heterocycles. The zero-order valence-corrected chi connectivity index (χ0v) is 18.6. The van der Waals surface area contributed by atoms with Gasteiger partial charge in [-0.15, -0.1) is 0 Å². The SMILES string of the molecule is O=C(NC1CCC[C@H](Nc2nc(-c3c[nH]c4c(F)cc(Cl)cc34)ncc2F)C1)c1ncccn1. The third-order valence-corrected chi connectivity index (χ3v) is 6.03. The van der Waals surface area contributed by atoms with Crippen LogP contribution in [-0.2, 0) is 0 Å². The highest BCUT2D eigenvalue weighted by Crippen LogP contribution is 2.31. The third kappa shape index (κ3) is 4.54. The van der Waals surface area contributed by atoms with E-state index in [1.807, 2.05) is 0 Å². The number of H-pyrrole nitrogens is 1. The van der Waals surface area contributed by atoms with E-state index in [4.69, 9.17) is 11.6 Å². The summed E-state index contributed by atoms with van der Waals surface area (Å²) < 4.78 is 28.8.